The Balaban J connectivity index is 1.42. The van der Waals surface area contributed by atoms with Crippen molar-refractivity contribution in [2.24, 2.45) is 7.05 Å². The predicted molar refractivity (Wildman–Crippen MR) is 123 cm³/mol. The monoisotopic (exact) mass is 426 g/mol. The second-order valence-corrected chi connectivity index (χ2v) is 9.01. The molecule has 0 bridgehead atoms. The molecule has 162 valence electrons. The van der Waals surface area contributed by atoms with Gasteiger partial charge in [0, 0.05) is 55.7 Å². The Morgan fingerprint density at radius 2 is 2.06 bits per heavy atom. The maximum atomic E-state index is 13.1. The van der Waals surface area contributed by atoms with Gasteiger partial charge in [-0.05, 0) is 72.3 Å². The molecule has 1 atom stereocenters. The lowest BCUT2D eigenvalue weighted by molar-refractivity contribution is 0.0751. The van der Waals surface area contributed by atoms with Gasteiger partial charge in [-0.2, -0.15) is 5.10 Å². The molecule has 1 fully saturated rings. The smallest absolute Gasteiger partial charge is 0.257 e. The molecule has 2 aliphatic heterocycles. The summed E-state index contributed by atoms with van der Waals surface area (Å²) in [5.74, 6) is 0.0345. The third kappa shape index (κ3) is 3.12. The van der Waals surface area contributed by atoms with E-state index in [0.717, 1.165) is 35.1 Å². The fraction of sp³-hybridized carbons (Fsp3) is 0.320. The van der Waals surface area contributed by atoms with Gasteiger partial charge in [-0.1, -0.05) is 0 Å². The van der Waals surface area contributed by atoms with Crippen molar-refractivity contribution in [2.45, 2.75) is 38.9 Å². The van der Waals surface area contributed by atoms with Gasteiger partial charge in [0.25, 0.3) is 5.91 Å². The van der Waals surface area contributed by atoms with Gasteiger partial charge in [0.1, 0.15) is 5.65 Å². The minimum atomic E-state index is 0.0345. The van der Waals surface area contributed by atoms with Gasteiger partial charge in [-0.25, -0.2) is 4.98 Å². The van der Waals surface area contributed by atoms with Crippen LogP contribution >= 0.6 is 0 Å². The number of aromatic nitrogens is 4. The second-order valence-electron chi connectivity index (χ2n) is 9.01. The zero-order valence-electron chi connectivity index (χ0n) is 18.4. The Kier molecular flexibility index (Phi) is 4.40. The van der Waals surface area contributed by atoms with Crippen LogP contribution in [0.1, 0.15) is 51.5 Å². The number of carbonyl (C=O) groups excluding carboxylic acids is 1. The number of carbonyl (C=O) groups is 1. The Morgan fingerprint density at radius 1 is 1.16 bits per heavy atom. The van der Waals surface area contributed by atoms with Crippen LogP contribution in [0.2, 0.25) is 0 Å². The molecular formula is C25H26N6O. The molecule has 7 nitrogen and oxygen atoms in total. The highest BCUT2D eigenvalue weighted by molar-refractivity contribution is 5.94. The lowest BCUT2D eigenvalue weighted by atomic mass is 9.91. The molecular weight excluding hydrogens is 400 g/mol. The fourth-order valence-corrected chi connectivity index (χ4v) is 5.12. The summed E-state index contributed by atoms with van der Waals surface area (Å²) in [7, 11) is 1.84. The van der Waals surface area contributed by atoms with Crippen LogP contribution in [0.25, 0.3) is 22.2 Å². The van der Waals surface area contributed by atoms with Gasteiger partial charge >= 0.3 is 0 Å². The summed E-state index contributed by atoms with van der Waals surface area (Å²) < 4.78 is 1.68. The molecule has 5 heterocycles. The molecule has 32 heavy (non-hydrogen) atoms. The maximum Gasteiger partial charge on any atom is 0.257 e. The first-order valence-corrected chi connectivity index (χ1v) is 11.2. The summed E-state index contributed by atoms with van der Waals surface area (Å²) in [5.41, 5.74) is 8.87. The van der Waals surface area contributed by atoms with Crippen molar-refractivity contribution in [3.05, 3.63) is 70.8 Å². The van der Waals surface area contributed by atoms with E-state index in [2.05, 4.69) is 45.5 Å². The van der Waals surface area contributed by atoms with E-state index in [0.29, 0.717) is 24.7 Å². The van der Waals surface area contributed by atoms with Crippen molar-refractivity contribution >= 4 is 16.9 Å². The molecule has 1 saturated heterocycles. The van der Waals surface area contributed by atoms with Crippen molar-refractivity contribution in [1.29, 1.82) is 0 Å². The van der Waals surface area contributed by atoms with Crippen LogP contribution in [0.5, 0.6) is 0 Å². The third-order valence-electron chi connectivity index (χ3n) is 6.83. The van der Waals surface area contributed by atoms with E-state index in [9.17, 15) is 4.79 Å². The zero-order valence-corrected chi connectivity index (χ0v) is 18.4. The molecule has 0 radical (unpaired) electrons. The fourth-order valence-electron chi connectivity index (χ4n) is 5.12. The Bertz CT molecular complexity index is 1340. The van der Waals surface area contributed by atoms with E-state index in [1.165, 1.54) is 28.7 Å². The highest BCUT2D eigenvalue weighted by atomic mass is 16.2. The maximum absolute atomic E-state index is 13.1. The molecule has 6 rings (SSSR count). The van der Waals surface area contributed by atoms with Gasteiger partial charge in [-0.3, -0.25) is 9.48 Å². The van der Waals surface area contributed by atoms with Crippen LogP contribution in [-0.2, 0) is 20.1 Å². The lowest BCUT2D eigenvalue weighted by Gasteiger charge is -2.18. The van der Waals surface area contributed by atoms with Crippen LogP contribution in [-0.4, -0.2) is 37.1 Å². The Hall–Kier alpha value is -3.45. The molecule has 0 saturated carbocycles. The number of fused-ring (bicyclic) bond motifs is 2. The highest BCUT2D eigenvalue weighted by Crippen LogP contribution is 2.38. The number of aryl methyl sites for hydroxylation is 2. The second kappa shape index (κ2) is 7.31. The van der Waals surface area contributed by atoms with Crippen molar-refractivity contribution in [3.63, 3.8) is 0 Å². The van der Waals surface area contributed by atoms with Gasteiger partial charge in [0.2, 0.25) is 0 Å². The number of hydrogen-bond acceptors (Lipinski definition) is 4. The molecule has 0 spiro atoms. The molecule has 7 heteroatoms. The summed E-state index contributed by atoms with van der Waals surface area (Å²) in [6, 6.07) is 7.11. The first kappa shape index (κ1) is 19.3. The minimum absolute atomic E-state index is 0.0345. The molecule has 2 aliphatic rings. The molecule has 1 aromatic carbocycles. The number of benzene rings is 1. The summed E-state index contributed by atoms with van der Waals surface area (Å²) in [6.07, 6.45) is 9.69. The van der Waals surface area contributed by atoms with Crippen molar-refractivity contribution in [2.75, 3.05) is 6.54 Å². The number of nitrogens with one attached hydrogen (secondary N) is 2. The molecule has 4 aromatic rings. The minimum Gasteiger partial charge on any atom is -0.346 e. The van der Waals surface area contributed by atoms with Crippen LogP contribution in [0, 0.1) is 6.92 Å². The molecule has 2 N–H and O–H groups in total. The Morgan fingerprint density at radius 3 is 2.84 bits per heavy atom. The number of H-pyrrole nitrogens is 1. The van der Waals surface area contributed by atoms with Crippen molar-refractivity contribution in [1.82, 2.24) is 30.0 Å². The van der Waals surface area contributed by atoms with Gasteiger partial charge < -0.3 is 15.2 Å². The summed E-state index contributed by atoms with van der Waals surface area (Å²) >= 11 is 0. The van der Waals surface area contributed by atoms with Gasteiger partial charge in [0.15, 0.2) is 0 Å². The predicted octanol–water partition coefficient (Wildman–Crippen LogP) is 3.85. The number of rotatable bonds is 3. The molecule has 1 amide bonds. The Labute approximate surface area is 186 Å². The standard InChI is InChI=1S/C25H26N6O/c1-15-9-27-24-20(15)8-17(10-28-24)16-6-18-13-31(25(32)19-11-29-30(2)12-19)14-22(18)21(7-16)23-4-3-5-26-23/h6-12,23,26H,3-5,13-14H2,1-2H3,(H,27,28)/t23-/m0/s1. The van der Waals surface area contributed by atoms with Crippen LogP contribution in [0.4, 0.5) is 0 Å². The lowest BCUT2D eigenvalue weighted by Crippen LogP contribution is -2.25. The van der Waals surface area contributed by atoms with Crippen LogP contribution in [0.15, 0.2) is 43.0 Å². The normalized spacial score (nSPS) is 17.9. The first-order chi connectivity index (χ1) is 15.6. The first-order valence-electron chi connectivity index (χ1n) is 11.2. The number of amides is 1. The molecule has 3 aromatic heterocycles. The van der Waals surface area contributed by atoms with E-state index < -0.39 is 0 Å². The largest absolute Gasteiger partial charge is 0.346 e. The SMILES string of the molecule is Cc1c[nH]c2ncc(-c3cc4c(c([C@@H]5CCCN5)c3)CN(C(=O)c3cnn(C)c3)C4)cc12. The van der Waals surface area contributed by atoms with Crippen molar-refractivity contribution in [3.8, 4) is 11.1 Å². The van der Waals surface area contributed by atoms with Crippen LogP contribution in [0.3, 0.4) is 0 Å². The number of pyridine rings is 1. The summed E-state index contributed by atoms with van der Waals surface area (Å²) in [4.78, 5) is 22.9. The third-order valence-corrected chi connectivity index (χ3v) is 6.83. The van der Waals surface area contributed by atoms with E-state index in [1.807, 2.05) is 24.3 Å². The van der Waals surface area contributed by atoms with Gasteiger partial charge in [-0.15, -0.1) is 0 Å². The average Bonchev–Trinajstić information content (AvgIpc) is 3.59. The molecule has 0 unspecified atom stereocenters. The zero-order chi connectivity index (χ0) is 21.8. The topological polar surface area (TPSA) is 78.8 Å². The highest BCUT2D eigenvalue weighted by Gasteiger charge is 2.30. The molecule has 0 aliphatic carbocycles. The summed E-state index contributed by atoms with van der Waals surface area (Å²) in [5, 5.41) is 8.98. The van der Waals surface area contributed by atoms with Gasteiger partial charge in [0.05, 0.1) is 11.8 Å². The van der Waals surface area contributed by atoms with Crippen molar-refractivity contribution < 1.29 is 4.79 Å². The van der Waals surface area contributed by atoms with Crippen LogP contribution < -0.4 is 5.32 Å². The van der Waals surface area contributed by atoms with E-state index in [4.69, 9.17) is 0 Å². The average molecular weight is 427 g/mol. The van der Waals surface area contributed by atoms with E-state index in [1.54, 1.807) is 17.1 Å². The number of hydrogen-bond donors (Lipinski definition) is 2. The number of nitrogens with zero attached hydrogens (tertiary/aromatic N) is 4. The number of aromatic amines is 1. The van der Waals surface area contributed by atoms with E-state index in [-0.39, 0.29) is 5.91 Å². The van der Waals surface area contributed by atoms with E-state index >= 15 is 0 Å². The summed E-state index contributed by atoms with van der Waals surface area (Å²) in [6.45, 7) is 4.40. The quantitative estimate of drug-likeness (QED) is 0.522.